The fourth-order valence-corrected chi connectivity index (χ4v) is 6.02. The molecule has 1 aliphatic heterocycles. The lowest BCUT2D eigenvalue weighted by Gasteiger charge is -2.22. The largest absolute Gasteiger partial charge is 0.416 e. The van der Waals surface area contributed by atoms with Crippen LogP contribution in [-0.4, -0.2) is 31.2 Å². The van der Waals surface area contributed by atoms with Gasteiger partial charge in [-0.3, -0.25) is 4.79 Å². The second-order valence-corrected chi connectivity index (χ2v) is 9.61. The van der Waals surface area contributed by atoms with Gasteiger partial charge in [-0.1, -0.05) is 6.07 Å². The van der Waals surface area contributed by atoms with Crippen LogP contribution in [0.15, 0.2) is 40.6 Å². The first-order chi connectivity index (χ1) is 12.6. The van der Waals surface area contributed by atoms with Crippen LogP contribution in [0.1, 0.15) is 23.3 Å². The minimum absolute atomic E-state index is 0.0222. The van der Waals surface area contributed by atoms with E-state index in [1.807, 2.05) is 0 Å². The van der Waals surface area contributed by atoms with Gasteiger partial charge in [-0.15, -0.1) is 11.3 Å². The van der Waals surface area contributed by atoms with Gasteiger partial charge in [-0.25, -0.2) is 8.42 Å². The second kappa shape index (κ2) is 7.25. The van der Waals surface area contributed by atoms with E-state index in [0.29, 0.717) is 12.8 Å². The number of hydrogen-bond acceptors (Lipinski definition) is 4. The number of nitrogens with one attached hydrogen (secondary N) is 1. The summed E-state index contributed by atoms with van der Waals surface area (Å²) in [4.78, 5) is 13.4. The van der Waals surface area contributed by atoms with Crippen LogP contribution in [0.5, 0.6) is 0 Å². The maximum Gasteiger partial charge on any atom is 0.416 e. The quantitative estimate of drug-likeness (QED) is 0.820. The lowest BCUT2D eigenvalue weighted by Crippen LogP contribution is -2.42. The van der Waals surface area contributed by atoms with Crippen molar-refractivity contribution in [2.24, 2.45) is 0 Å². The molecule has 1 aliphatic rings. The summed E-state index contributed by atoms with van der Waals surface area (Å²) in [6.45, 7) is 1.98. The molecule has 1 aromatic heterocycles. The summed E-state index contributed by atoms with van der Waals surface area (Å²) >= 11 is 1.12. The van der Waals surface area contributed by atoms with Gasteiger partial charge in [0.25, 0.3) is 10.0 Å². The van der Waals surface area contributed by atoms with Gasteiger partial charge in [0.05, 0.1) is 5.56 Å². The van der Waals surface area contributed by atoms with E-state index in [0.717, 1.165) is 32.7 Å². The van der Waals surface area contributed by atoms with Gasteiger partial charge in [0.15, 0.2) is 0 Å². The fraction of sp³-hybridized carbons (Fsp3) is 0.353. The van der Waals surface area contributed by atoms with E-state index in [1.54, 1.807) is 13.0 Å². The molecule has 1 amide bonds. The summed E-state index contributed by atoms with van der Waals surface area (Å²) in [6, 6.07) is 6.49. The average Bonchev–Trinajstić information content (AvgIpc) is 3.23. The highest BCUT2D eigenvalue weighted by molar-refractivity contribution is 7.91. The number of thiophene rings is 1. The van der Waals surface area contributed by atoms with Crippen molar-refractivity contribution in [1.29, 1.82) is 0 Å². The third-order valence-electron chi connectivity index (χ3n) is 4.24. The Labute approximate surface area is 158 Å². The number of nitrogens with zero attached hydrogens (tertiary/aromatic N) is 1. The van der Waals surface area contributed by atoms with Gasteiger partial charge in [-0.2, -0.15) is 17.5 Å². The number of carbonyl (C=O) groups excluding carboxylic acids is 1. The fourth-order valence-electron chi connectivity index (χ4n) is 2.96. The second-order valence-electron chi connectivity index (χ2n) is 6.21. The van der Waals surface area contributed by atoms with Crippen molar-refractivity contribution in [1.82, 2.24) is 4.31 Å². The zero-order valence-electron chi connectivity index (χ0n) is 14.3. The molecule has 0 saturated carbocycles. The van der Waals surface area contributed by atoms with Gasteiger partial charge in [0.1, 0.15) is 10.3 Å². The summed E-state index contributed by atoms with van der Waals surface area (Å²) < 4.78 is 65.3. The van der Waals surface area contributed by atoms with Crippen molar-refractivity contribution < 1.29 is 26.4 Å². The maximum atomic E-state index is 12.8. The molecule has 2 aromatic rings. The van der Waals surface area contributed by atoms with Crippen molar-refractivity contribution in [2.45, 2.75) is 36.2 Å². The van der Waals surface area contributed by atoms with Crippen LogP contribution < -0.4 is 5.32 Å². The van der Waals surface area contributed by atoms with E-state index >= 15 is 0 Å². The van der Waals surface area contributed by atoms with Crippen molar-refractivity contribution >= 4 is 33.0 Å². The minimum Gasteiger partial charge on any atom is -0.325 e. The predicted molar refractivity (Wildman–Crippen MR) is 96.0 cm³/mol. The van der Waals surface area contributed by atoms with Crippen LogP contribution in [-0.2, 0) is 21.0 Å². The molecular weight excluding hydrogens is 401 g/mol. The smallest absolute Gasteiger partial charge is 0.325 e. The number of alkyl halides is 3. The molecule has 1 saturated heterocycles. The summed E-state index contributed by atoms with van der Waals surface area (Å²) in [5.74, 6) is -0.635. The molecular formula is C17H17F3N2O3S2. The molecule has 1 fully saturated rings. The summed E-state index contributed by atoms with van der Waals surface area (Å²) in [7, 11) is -3.82. The molecule has 27 heavy (non-hydrogen) atoms. The Kier molecular flexibility index (Phi) is 5.33. The van der Waals surface area contributed by atoms with Crippen LogP contribution in [0.25, 0.3) is 0 Å². The van der Waals surface area contributed by atoms with Gasteiger partial charge < -0.3 is 5.32 Å². The van der Waals surface area contributed by atoms with Gasteiger partial charge in [-0.05, 0) is 50.1 Å². The zero-order chi connectivity index (χ0) is 19.8. The summed E-state index contributed by atoms with van der Waals surface area (Å²) in [5.41, 5.74) is -0.906. The Balaban J connectivity index is 1.80. The first-order valence-corrected chi connectivity index (χ1v) is 10.4. The van der Waals surface area contributed by atoms with Gasteiger partial charge in [0, 0.05) is 17.1 Å². The summed E-state index contributed by atoms with van der Waals surface area (Å²) in [5, 5.41) is 2.41. The standard InChI is InChI=1S/C17H17F3N2O3S2/c1-11-7-8-15(26-11)27(24,25)22-9-3-6-14(22)16(23)21-13-5-2-4-12(10-13)17(18,19)20/h2,4-5,7-8,10,14H,3,6,9H2,1H3,(H,21,23). The molecule has 0 bridgehead atoms. The Morgan fingerprint density at radius 1 is 1.26 bits per heavy atom. The number of sulfonamides is 1. The van der Waals surface area contributed by atoms with Gasteiger partial charge >= 0.3 is 6.18 Å². The van der Waals surface area contributed by atoms with Crippen LogP contribution in [0.3, 0.4) is 0 Å². The molecule has 1 N–H and O–H groups in total. The van der Waals surface area contributed by atoms with Crippen LogP contribution in [0, 0.1) is 6.92 Å². The molecule has 1 atom stereocenters. The number of amides is 1. The highest BCUT2D eigenvalue weighted by atomic mass is 32.2. The van der Waals surface area contributed by atoms with E-state index in [1.165, 1.54) is 18.2 Å². The third-order valence-corrected chi connectivity index (χ3v) is 7.62. The average molecular weight is 418 g/mol. The topological polar surface area (TPSA) is 66.5 Å². The molecule has 5 nitrogen and oxygen atoms in total. The Hall–Kier alpha value is -1.91. The monoisotopic (exact) mass is 418 g/mol. The number of hydrogen-bond donors (Lipinski definition) is 1. The minimum atomic E-state index is -4.53. The number of anilines is 1. The van der Waals surface area contributed by atoms with E-state index in [2.05, 4.69) is 5.32 Å². The normalized spacial score (nSPS) is 18.6. The van der Waals surface area contributed by atoms with E-state index in [4.69, 9.17) is 0 Å². The number of halogens is 3. The molecule has 10 heteroatoms. The van der Waals surface area contributed by atoms with Crippen LogP contribution in [0.4, 0.5) is 18.9 Å². The highest BCUT2D eigenvalue weighted by Gasteiger charge is 2.40. The lowest BCUT2D eigenvalue weighted by atomic mass is 10.1. The van der Waals surface area contributed by atoms with E-state index < -0.39 is 33.7 Å². The van der Waals surface area contributed by atoms with E-state index in [-0.39, 0.29) is 16.4 Å². The zero-order valence-corrected chi connectivity index (χ0v) is 15.9. The van der Waals surface area contributed by atoms with Crippen LogP contribution in [0.2, 0.25) is 0 Å². The van der Waals surface area contributed by atoms with Crippen LogP contribution >= 0.6 is 11.3 Å². The van der Waals surface area contributed by atoms with E-state index in [9.17, 15) is 26.4 Å². The van der Waals surface area contributed by atoms with Gasteiger partial charge in [0.2, 0.25) is 5.91 Å². The van der Waals surface area contributed by atoms with Crippen molar-refractivity contribution in [3.8, 4) is 0 Å². The number of carbonyl (C=O) groups is 1. The molecule has 146 valence electrons. The van der Waals surface area contributed by atoms with Crippen molar-refractivity contribution in [3.63, 3.8) is 0 Å². The third kappa shape index (κ3) is 4.17. The van der Waals surface area contributed by atoms with Crippen molar-refractivity contribution in [3.05, 3.63) is 46.8 Å². The molecule has 2 heterocycles. The Morgan fingerprint density at radius 3 is 2.63 bits per heavy atom. The van der Waals surface area contributed by atoms with Crippen molar-refractivity contribution in [2.75, 3.05) is 11.9 Å². The highest BCUT2D eigenvalue weighted by Crippen LogP contribution is 2.32. The maximum absolute atomic E-state index is 12.8. The first kappa shape index (κ1) is 19.8. The Bertz CT molecular complexity index is 954. The first-order valence-electron chi connectivity index (χ1n) is 8.15. The SMILES string of the molecule is Cc1ccc(S(=O)(=O)N2CCCC2C(=O)Nc2cccc(C(F)(F)F)c2)s1. The molecule has 0 aliphatic carbocycles. The number of aryl methyl sites for hydroxylation is 1. The Morgan fingerprint density at radius 2 is 2.00 bits per heavy atom. The molecule has 0 radical (unpaired) electrons. The molecule has 1 aromatic carbocycles. The predicted octanol–water partition coefficient (Wildman–Crippen LogP) is 3.87. The summed E-state index contributed by atoms with van der Waals surface area (Å²) in [6.07, 6.45) is -3.71. The molecule has 1 unspecified atom stereocenters. The lowest BCUT2D eigenvalue weighted by molar-refractivity contribution is -0.137. The number of benzene rings is 1. The molecule has 3 rings (SSSR count). The number of rotatable bonds is 4. The molecule has 0 spiro atoms.